The van der Waals surface area contributed by atoms with E-state index in [0.29, 0.717) is 10.9 Å². The third-order valence-corrected chi connectivity index (χ3v) is 5.42. The second kappa shape index (κ2) is 7.14. The molecule has 0 aromatic heterocycles. The Balaban J connectivity index is 3.31. The van der Waals surface area contributed by atoms with Crippen molar-refractivity contribution in [2.45, 2.75) is 58.1 Å². The zero-order valence-electron chi connectivity index (χ0n) is 14.3. The largest absolute Gasteiger partial charge is 0.402 e. The second-order valence-corrected chi connectivity index (χ2v) is 9.48. The van der Waals surface area contributed by atoms with Crippen LogP contribution >= 0.6 is 23.5 Å². The van der Waals surface area contributed by atoms with Crippen LogP contribution in [0.5, 0.6) is 0 Å². The molecule has 0 saturated heterocycles. The summed E-state index contributed by atoms with van der Waals surface area (Å²) in [6, 6.07) is 4.11. The average Bonchev–Trinajstić information content (AvgIpc) is 2.33. The van der Waals surface area contributed by atoms with E-state index in [4.69, 9.17) is 9.05 Å². The minimum absolute atomic E-state index is 0.300. The van der Waals surface area contributed by atoms with Gasteiger partial charge in [0.2, 0.25) is 0 Å². The SMILES string of the molecule is CC(C)(C)OP(=O)(OC(C)(C)C)C(=O)c1ccc(CBr)cc1F. The number of carbonyl (C=O) groups is 1. The first kappa shape index (κ1) is 20.5. The van der Waals surface area contributed by atoms with Gasteiger partial charge in [-0.05, 0) is 59.2 Å². The summed E-state index contributed by atoms with van der Waals surface area (Å²) < 4.78 is 38.2. The van der Waals surface area contributed by atoms with Crippen molar-refractivity contribution >= 4 is 29.1 Å². The summed E-state index contributed by atoms with van der Waals surface area (Å²) in [6.45, 7) is 9.94. The van der Waals surface area contributed by atoms with Crippen LogP contribution in [0.2, 0.25) is 0 Å². The topological polar surface area (TPSA) is 52.6 Å². The number of alkyl halides is 1. The molecule has 0 heterocycles. The van der Waals surface area contributed by atoms with Crippen LogP contribution in [0.25, 0.3) is 0 Å². The number of hydrogen-bond acceptors (Lipinski definition) is 4. The lowest BCUT2D eigenvalue weighted by molar-refractivity contribution is 0.0446. The summed E-state index contributed by atoms with van der Waals surface area (Å²) in [4.78, 5) is 12.7. The molecule has 23 heavy (non-hydrogen) atoms. The minimum Gasteiger partial charge on any atom is -0.297 e. The lowest BCUT2D eigenvalue weighted by Gasteiger charge is -2.31. The van der Waals surface area contributed by atoms with E-state index in [2.05, 4.69) is 15.9 Å². The molecule has 0 saturated carbocycles. The Hall–Kier alpha value is -0.550. The molecule has 0 spiro atoms. The first-order valence-electron chi connectivity index (χ1n) is 7.18. The van der Waals surface area contributed by atoms with Gasteiger partial charge in [-0.25, -0.2) is 4.39 Å². The Morgan fingerprint density at radius 1 is 1.13 bits per heavy atom. The molecule has 7 heteroatoms. The summed E-state index contributed by atoms with van der Waals surface area (Å²) in [5.74, 6) is -0.748. The summed E-state index contributed by atoms with van der Waals surface area (Å²) in [5, 5.41) is 0.451. The lowest BCUT2D eigenvalue weighted by atomic mass is 10.1. The second-order valence-electron chi connectivity index (χ2n) is 7.16. The highest BCUT2D eigenvalue weighted by Gasteiger charge is 2.43. The van der Waals surface area contributed by atoms with Crippen LogP contribution in [0.15, 0.2) is 18.2 Å². The highest BCUT2D eigenvalue weighted by atomic mass is 79.9. The molecule has 4 nitrogen and oxygen atoms in total. The number of rotatable bonds is 5. The van der Waals surface area contributed by atoms with E-state index in [1.165, 1.54) is 12.1 Å². The van der Waals surface area contributed by atoms with Gasteiger partial charge >= 0.3 is 7.60 Å². The molecule has 0 fully saturated rings. The Kier molecular flexibility index (Phi) is 6.36. The van der Waals surface area contributed by atoms with Crippen LogP contribution in [-0.4, -0.2) is 16.7 Å². The molecule has 0 amide bonds. The Morgan fingerprint density at radius 2 is 1.61 bits per heavy atom. The smallest absolute Gasteiger partial charge is 0.297 e. The van der Waals surface area contributed by atoms with E-state index in [1.54, 1.807) is 47.6 Å². The zero-order valence-corrected chi connectivity index (χ0v) is 16.8. The fraction of sp³-hybridized carbons (Fsp3) is 0.562. The van der Waals surface area contributed by atoms with Crippen molar-refractivity contribution in [3.05, 3.63) is 35.1 Å². The molecule has 0 unspecified atom stereocenters. The van der Waals surface area contributed by atoms with Crippen LogP contribution in [-0.2, 0) is 18.9 Å². The van der Waals surface area contributed by atoms with Crippen LogP contribution in [0, 0.1) is 5.82 Å². The van der Waals surface area contributed by atoms with Gasteiger partial charge < -0.3 is 0 Å². The van der Waals surface area contributed by atoms with Crippen LogP contribution < -0.4 is 0 Å². The van der Waals surface area contributed by atoms with Gasteiger partial charge in [0.05, 0.1) is 16.8 Å². The van der Waals surface area contributed by atoms with Crippen molar-refractivity contribution in [1.29, 1.82) is 0 Å². The van der Waals surface area contributed by atoms with Gasteiger partial charge in [0.25, 0.3) is 5.52 Å². The normalized spacial score (nSPS) is 13.2. The summed E-state index contributed by atoms with van der Waals surface area (Å²) in [6.07, 6.45) is 0. The maximum atomic E-state index is 14.2. The van der Waals surface area contributed by atoms with Gasteiger partial charge in [-0.1, -0.05) is 22.0 Å². The fourth-order valence-electron chi connectivity index (χ4n) is 1.79. The van der Waals surface area contributed by atoms with Gasteiger partial charge in [0.1, 0.15) is 5.82 Å². The van der Waals surface area contributed by atoms with Crippen LogP contribution in [0.3, 0.4) is 0 Å². The molecule has 130 valence electrons. The van der Waals surface area contributed by atoms with E-state index in [-0.39, 0.29) is 5.56 Å². The van der Waals surface area contributed by atoms with Gasteiger partial charge in [0, 0.05) is 5.33 Å². The molecule has 0 aliphatic heterocycles. The lowest BCUT2D eigenvalue weighted by Crippen LogP contribution is -2.27. The van der Waals surface area contributed by atoms with Gasteiger partial charge in [-0.3, -0.25) is 18.4 Å². The van der Waals surface area contributed by atoms with Crippen molar-refractivity contribution in [3.8, 4) is 0 Å². The highest BCUT2D eigenvalue weighted by molar-refractivity contribution is 9.08. The Bertz CT molecular complexity index is 612. The third kappa shape index (κ3) is 6.11. The molecule has 0 bridgehead atoms. The predicted octanol–water partition coefficient (Wildman–Crippen LogP) is 5.68. The monoisotopic (exact) mass is 408 g/mol. The van der Waals surface area contributed by atoms with Crippen molar-refractivity contribution in [2.75, 3.05) is 0 Å². The van der Waals surface area contributed by atoms with E-state index in [1.807, 2.05) is 0 Å². The molecule has 0 N–H and O–H groups in total. The van der Waals surface area contributed by atoms with Crippen LogP contribution in [0.4, 0.5) is 4.39 Å². The first-order chi connectivity index (χ1) is 10.3. The number of halogens is 2. The Labute approximate surface area is 145 Å². The van der Waals surface area contributed by atoms with Gasteiger partial charge in [0.15, 0.2) is 0 Å². The van der Waals surface area contributed by atoms with E-state index < -0.39 is 30.1 Å². The molecular formula is C16H23BrFO4P. The van der Waals surface area contributed by atoms with Crippen molar-refractivity contribution in [1.82, 2.24) is 0 Å². The number of benzene rings is 1. The van der Waals surface area contributed by atoms with Gasteiger partial charge in [-0.15, -0.1) is 0 Å². The van der Waals surface area contributed by atoms with E-state index >= 15 is 0 Å². The molecule has 1 aromatic rings. The van der Waals surface area contributed by atoms with Gasteiger partial charge in [-0.2, -0.15) is 0 Å². The molecule has 1 rings (SSSR count). The molecule has 0 radical (unpaired) electrons. The summed E-state index contributed by atoms with van der Waals surface area (Å²) in [5.41, 5.74) is -2.37. The zero-order chi connectivity index (χ0) is 18.1. The maximum absolute atomic E-state index is 14.2. The minimum atomic E-state index is -4.22. The maximum Gasteiger partial charge on any atom is 0.402 e. The molecule has 0 aliphatic carbocycles. The van der Waals surface area contributed by atoms with E-state index in [0.717, 1.165) is 0 Å². The van der Waals surface area contributed by atoms with Crippen molar-refractivity contribution in [3.63, 3.8) is 0 Å². The van der Waals surface area contributed by atoms with E-state index in [9.17, 15) is 13.8 Å². The highest BCUT2D eigenvalue weighted by Crippen LogP contribution is 2.56. The van der Waals surface area contributed by atoms with Crippen molar-refractivity contribution < 1.29 is 22.8 Å². The summed E-state index contributed by atoms with van der Waals surface area (Å²) >= 11 is 3.22. The predicted molar refractivity (Wildman–Crippen MR) is 92.6 cm³/mol. The number of carbonyl (C=O) groups excluding carboxylic acids is 1. The molecular weight excluding hydrogens is 386 g/mol. The first-order valence-corrected chi connectivity index (χ1v) is 9.85. The molecule has 0 aliphatic rings. The summed E-state index contributed by atoms with van der Waals surface area (Å²) in [7, 11) is -4.22. The van der Waals surface area contributed by atoms with Crippen molar-refractivity contribution in [2.24, 2.45) is 0 Å². The average molecular weight is 409 g/mol. The Morgan fingerprint density at radius 3 is 1.96 bits per heavy atom. The van der Waals surface area contributed by atoms with Crippen LogP contribution in [0.1, 0.15) is 57.5 Å². The fourth-order valence-corrected chi connectivity index (χ4v) is 4.26. The molecule has 1 aromatic carbocycles. The standard InChI is InChI=1S/C16H23BrFO4P/c1-15(2,3)21-23(20,22-16(4,5)6)14(19)12-8-7-11(10-17)9-13(12)18/h7-9H,10H2,1-6H3. The number of hydrogen-bond donors (Lipinski definition) is 0. The third-order valence-electron chi connectivity index (χ3n) is 2.46. The quantitative estimate of drug-likeness (QED) is 0.464. The molecule has 0 atom stereocenters.